The van der Waals surface area contributed by atoms with Gasteiger partial charge in [0.25, 0.3) is 0 Å². The fourth-order valence-electron chi connectivity index (χ4n) is 2.23. The summed E-state index contributed by atoms with van der Waals surface area (Å²) in [6, 6.07) is 13.4. The number of nitrogens with one attached hydrogen (secondary N) is 1. The lowest BCUT2D eigenvalue weighted by Gasteiger charge is -2.14. The van der Waals surface area contributed by atoms with Crippen LogP contribution in [0.5, 0.6) is 17.2 Å². The van der Waals surface area contributed by atoms with Crippen LogP contribution in [0.15, 0.2) is 42.5 Å². The van der Waals surface area contributed by atoms with Crippen LogP contribution in [0.25, 0.3) is 0 Å². The Hall–Kier alpha value is -2.20. The molecule has 104 valence electrons. The van der Waals surface area contributed by atoms with Gasteiger partial charge in [0.1, 0.15) is 5.75 Å². The Labute approximate surface area is 118 Å². The van der Waals surface area contributed by atoms with Crippen molar-refractivity contribution in [2.24, 2.45) is 0 Å². The third-order valence-electron chi connectivity index (χ3n) is 3.42. The third-order valence-corrected chi connectivity index (χ3v) is 3.42. The summed E-state index contributed by atoms with van der Waals surface area (Å²) in [7, 11) is 0. The quantitative estimate of drug-likeness (QED) is 0.897. The first-order chi connectivity index (χ1) is 9.72. The van der Waals surface area contributed by atoms with E-state index in [-0.39, 0.29) is 6.04 Å². The van der Waals surface area contributed by atoms with Gasteiger partial charge in [-0.2, -0.15) is 0 Å². The average molecular weight is 271 g/mol. The molecule has 1 aliphatic heterocycles. The van der Waals surface area contributed by atoms with Crippen molar-refractivity contribution in [1.82, 2.24) is 5.32 Å². The van der Waals surface area contributed by atoms with Crippen LogP contribution >= 0.6 is 0 Å². The van der Waals surface area contributed by atoms with Crippen LogP contribution in [-0.4, -0.2) is 11.9 Å². The van der Waals surface area contributed by atoms with Crippen molar-refractivity contribution in [2.45, 2.75) is 19.5 Å². The van der Waals surface area contributed by atoms with Crippen molar-refractivity contribution in [3.05, 3.63) is 53.6 Å². The van der Waals surface area contributed by atoms with E-state index in [1.807, 2.05) is 30.3 Å². The molecule has 1 atom stereocenters. The molecule has 4 heteroatoms. The zero-order valence-corrected chi connectivity index (χ0v) is 11.3. The first-order valence-corrected chi connectivity index (χ1v) is 6.63. The fraction of sp³-hybridized carbons (Fsp3) is 0.250. The van der Waals surface area contributed by atoms with E-state index in [2.05, 4.69) is 12.2 Å². The molecule has 1 heterocycles. The maximum atomic E-state index is 9.49. The van der Waals surface area contributed by atoms with Crippen LogP contribution in [0, 0.1) is 0 Å². The van der Waals surface area contributed by atoms with Crippen molar-refractivity contribution >= 4 is 0 Å². The van der Waals surface area contributed by atoms with E-state index in [4.69, 9.17) is 9.47 Å². The predicted octanol–water partition coefficient (Wildman–Crippen LogP) is 2.97. The molecule has 0 aromatic heterocycles. The van der Waals surface area contributed by atoms with Crippen LogP contribution in [0.1, 0.15) is 24.1 Å². The maximum absolute atomic E-state index is 9.49. The van der Waals surface area contributed by atoms with Crippen molar-refractivity contribution in [1.29, 1.82) is 0 Å². The number of hydrogen-bond donors (Lipinski definition) is 2. The van der Waals surface area contributed by atoms with Crippen LogP contribution in [0.2, 0.25) is 0 Å². The van der Waals surface area contributed by atoms with Gasteiger partial charge >= 0.3 is 0 Å². The molecule has 0 amide bonds. The second kappa shape index (κ2) is 5.43. The zero-order chi connectivity index (χ0) is 13.9. The highest BCUT2D eigenvalue weighted by molar-refractivity contribution is 5.44. The molecule has 0 fully saturated rings. The number of benzene rings is 2. The second-order valence-electron chi connectivity index (χ2n) is 4.89. The average Bonchev–Trinajstić information content (AvgIpc) is 2.92. The summed E-state index contributed by atoms with van der Waals surface area (Å²) in [5.41, 5.74) is 2.20. The first-order valence-electron chi connectivity index (χ1n) is 6.63. The molecule has 0 saturated heterocycles. The van der Waals surface area contributed by atoms with Gasteiger partial charge in [-0.25, -0.2) is 0 Å². The Balaban J connectivity index is 1.64. The summed E-state index contributed by atoms with van der Waals surface area (Å²) >= 11 is 0. The second-order valence-corrected chi connectivity index (χ2v) is 4.89. The summed E-state index contributed by atoms with van der Waals surface area (Å²) in [6.07, 6.45) is 0. The molecule has 0 aliphatic carbocycles. The number of ether oxygens (including phenoxy) is 2. The zero-order valence-electron chi connectivity index (χ0n) is 11.3. The smallest absolute Gasteiger partial charge is 0.231 e. The predicted molar refractivity (Wildman–Crippen MR) is 75.9 cm³/mol. The fourth-order valence-corrected chi connectivity index (χ4v) is 2.23. The largest absolute Gasteiger partial charge is 0.508 e. The van der Waals surface area contributed by atoms with Gasteiger partial charge in [0, 0.05) is 12.6 Å². The molecule has 2 aromatic carbocycles. The number of rotatable bonds is 4. The molecule has 2 aromatic rings. The van der Waals surface area contributed by atoms with Crippen molar-refractivity contribution < 1.29 is 14.6 Å². The number of fused-ring (bicyclic) bond motifs is 1. The monoisotopic (exact) mass is 271 g/mol. The Morgan fingerprint density at radius 1 is 1.15 bits per heavy atom. The Morgan fingerprint density at radius 2 is 2.00 bits per heavy atom. The molecule has 1 aliphatic rings. The van der Waals surface area contributed by atoms with Gasteiger partial charge < -0.3 is 19.9 Å². The van der Waals surface area contributed by atoms with Crippen molar-refractivity contribution in [3.8, 4) is 17.2 Å². The van der Waals surface area contributed by atoms with Crippen LogP contribution in [0.4, 0.5) is 0 Å². The number of aromatic hydroxyl groups is 1. The molecule has 0 spiro atoms. The molecule has 3 rings (SSSR count). The lowest BCUT2D eigenvalue weighted by Crippen LogP contribution is -2.17. The molecule has 4 nitrogen and oxygen atoms in total. The molecular weight excluding hydrogens is 254 g/mol. The SMILES string of the molecule is C[C@@H](NCc1ccc2c(c1)OCO2)c1cccc(O)c1. The van der Waals surface area contributed by atoms with E-state index >= 15 is 0 Å². The van der Waals surface area contributed by atoms with Gasteiger partial charge in [0.15, 0.2) is 11.5 Å². The van der Waals surface area contributed by atoms with Gasteiger partial charge in [0.2, 0.25) is 6.79 Å². The molecule has 0 radical (unpaired) electrons. The molecule has 0 bridgehead atoms. The third kappa shape index (κ3) is 2.70. The van der Waals surface area contributed by atoms with Gasteiger partial charge in [0.05, 0.1) is 0 Å². The van der Waals surface area contributed by atoms with E-state index in [1.165, 1.54) is 0 Å². The minimum Gasteiger partial charge on any atom is -0.508 e. The summed E-state index contributed by atoms with van der Waals surface area (Å²) < 4.78 is 10.7. The van der Waals surface area contributed by atoms with Crippen LogP contribution < -0.4 is 14.8 Å². The normalized spacial score (nSPS) is 14.2. The van der Waals surface area contributed by atoms with E-state index in [0.29, 0.717) is 12.5 Å². The highest BCUT2D eigenvalue weighted by Crippen LogP contribution is 2.32. The molecule has 2 N–H and O–H groups in total. The summed E-state index contributed by atoms with van der Waals surface area (Å²) in [6.45, 7) is 3.10. The van der Waals surface area contributed by atoms with Crippen molar-refractivity contribution in [3.63, 3.8) is 0 Å². The minimum atomic E-state index is 0.160. The molecule has 0 unspecified atom stereocenters. The number of phenols is 1. The van der Waals surface area contributed by atoms with Gasteiger partial charge in [-0.15, -0.1) is 0 Å². The lowest BCUT2D eigenvalue weighted by molar-refractivity contribution is 0.174. The topological polar surface area (TPSA) is 50.7 Å². The van der Waals surface area contributed by atoms with E-state index in [9.17, 15) is 5.11 Å². The summed E-state index contributed by atoms with van der Waals surface area (Å²) in [5.74, 6) is 1.89. The maximum Gasteiger partial charge on any atom is 0.231 e. The van der Waals surface area contributed by atoms with E-state index in [1.54, 1.807) is 12.1 Å². The van der Waals surface area contributed by atoms with E-state index in [0.717, 1.165) is 29.2 Å². The molecular formula is C16H17NO3. The molecule has 0 saturated carbocycles. The Kier molecular flexibility index (Phi) is 3.48. The van der Waals surface area contributed by atoms with Crippen molar-refractivity contribution in [2.75, 3.05) is 6.79 Å². The summed E-state index contributed by atoms with van der Waals surface area (Å²) in [5, 5.41) is 12.9. The standard InChI is InChI=1S/C16H17NO3/c1-11(13-3-2-4-14(18)8-13)17-9-12-5-6-15-16(7-12)20-10-19-15/h2-8,11,17-18H,9-10H2,1H3/t11-/m1/s1. The highest BCUT2D eigenvalue weighted by Gasteiger charge is 2.13. The van der Waals surface area contributed by atoms with Gasteiger partial charge in [-0.05, 0) is 42.3 Å². The van der Waals surface area contributed by atoms with Crippen LogP contribution in [0.3, 0.4) is 0 Å². The van der Waals surface area contributed by atoms with Gasteiger partial charge in [-0.1, -0.05) is 18.2 Å². The Bertz CT molecular complexity index is 612. The van der Waals surface area contributed by atoms with E-state index < -0.39 is 0 Å². The number of hydrogen-bond acceptors (Lipinski definition) is 4. The Morgan fingerprint density at radius 3 is 2.85 bits per heavy atom. The minimum absolute atomic E-state index is 0.160. The summed E-state index contributed by atoms with van der Waals surface area (Å²) in [4.78, 5) is 0. The first kappa shape index (κ1) is 12.8. The highest BCUT2D eigenvalue weighted by atomic mass is 16.7. The van der Waals surface area contributed by atoms with Crippen LogP contribution in [-0.2, 0) is 6.54 Å². The van der Waals surface area contributed by atoms with Gasteiger partial charge in [-0.3, -0.25) is 0 Å². The lowest BCUT2D eigenvalue weighted by atomic mass is 10.1. The molecule has 20 heavy (non-hydrogen) atoms. The number of phenolic OH excluding ortho intramolecular Hbond substituents is 1.